The molecule has 1 aliphatic rings. The molecule has 6 nitrogen and oxygen atoms in total. The first-order valence-corrected chi connectivity index (χ1v) is 7.12. The summed E-state index contributed by atoms with van der Waals surface area (Å²) in [5, 5.41) is 9.98. The number of carbonyl (C=O) groups excluding carboxylic acids is 1. The number of nitrogens with zero attached hydrogens (tertiary/aromatic N) is 2. The molecule has 1 saturated heterocycles. The average molecular weight is 280 g/mol. The third kappa shape index (κ3) is 3.58. The summed E-state index contributed by atoms with van der Waals surface area (Å²) in [6.07, 6.45) is 0. The number of hydrogen-bond donors (Lipinski definition) is 2. The van der Waals surface area contributed by atoms with E-state index in [1.165, 1.54) is 0 Å². The van der Waals surface area contributed by atoms with E-state index in [4.69, 9.17) is 4.52 Å². The summed E-state index contributed by atoms with van der Waals surface area (Å²) in [7, 11) is 0. The predicted molar refractivity (Wildman–Crippen MR) is 77.7 cm³/mol. The standard InChI is InChI=1S/C14H24N4O2/c1-5-18(10-7-15-8-10)9-12(19)16-13-6-11(17-20-13)14(2,3)4/h6,10,15H,5,7-9H2,1-4H3,(H,16,19). The highest BCUT2D eigenvalue weighted by Gasteiger charge is 2.25. The molecule has 2 rings (SSSR count). The maximum absolute atomic E-state index is 12.0. The van der Waals surface area contributed by atoms with E-state index < -0.39 is 0 Å². The highest BCUT2D eigenvalue weighted by molar-refractivity contribution is 5.91. The summed E-state index contributed by atoms with van der Waals surface area (Å²) in [5.41, 5.74) is 0.753. The molecule has 0 aliphatic carbocycles. The van der Waals surface area contributed by atoms with Crippen LogP contribution in [-0.4, -0.2) is 48.2 Å². The van der Waals surface area contributed by atoms with Crippen molar-refractivity contribution < 1.29 is 9.32 Å². The number of anilines is 1. The summed E-state index contributed by atoms with van der Waals surface area (Å²) in [4.78, 5) is 14.2. The maximum Gasteiger partial charge on any atom is 0.240 e. The molecule has 1 fully saturated rings. The van der Waals surface area contributed by atoms with E-state index in [2.05, 4.69) is 48.4 Å². The SMILES string of the molecule is CCN(CC(=O)Nc1cc(C(C)(C)C)no1)C1CNC1. The third-order valence-corrected chi connectivity index (χ3v) is 3.57. The van der Waals surface area contributed by atoms with E-state index in [1.54, 1.807) is 6.07 Å². The van der Waals surface area contributed by atoms with Crippen LogP contribution in [0.3, 0.4) is 0 Å². The van der Waals surface area contributed by atoms with Crippen molar-refractivity contribution in [2.45, 2.75) is 39.2 Å². The largest absolute Gasteiger partial charge is 0.338 e. The second-order valence-electron chi connectivity index (χ2n) is 6.25. The topological polar surface area (TPSA) is 70.4 Å². The van der Waals surface area contributed by atoms with Gasteiger partial charge in [0.2, 0.25) is 11.8 Å². The van der Waals surface area contributed by atoms with E-state index >= 15 is 0 Å². The summed E-state index contributed by atoms with van der Waals surface area (Å²) >= 11 is 0. The van der Waals surface area contributed by atoms with Gasteiger partial charge in [0.05, 0.1) is 12.2 Å². The van der Waals surface area contributed by atoms with E-state index in [0.29, 0.717) is 18.5 Å². The summed E-state index contributed by atoms with van der Waals surface area (Å²) < 4.78 is 5.17. The zero-order valence-corrected chi connectivity index (χ0v) is 12.7. The first-order chi connectivity index (χ1) is 9.40. The molecule has 6 heteroatoms. The summed E-state index contributed by atoms with van der Waals surface area (Å²) in [5.74, 6) is 0.359. The van der Waals surface area contributed by atoms with Gasteiger partial charge in [-0.3, -0.25) is 15.0 Å². The molecule has 0 spiro atoms. The van der Waals surface area contributed by atoms with Crippen LogP contribution >= 0.6 is 0 Å². The third-order valence-electron chi connectivity index (χ3n) is 3.57. The van der Waals surface area contributed by atoms with Gasteiger partial charge in [-0.05, 0) is 6.54 Å². The van der Waals surface area contributed by atoms with E-state index in [0.717, 1.165) is 25.3 Å². The zero-order chi connectivity index (χ0) is 14.8. The molecule has 0 unspecified atom stereocenters. The molecular weight excluding hydrogens is 256 g/mol. The van der Waals surface area contributed by atoms with Crippen molar-refractivity contribution in [3.8, 4) is 0 Å². The first-order valence-electron chi connectivity index (χ1n) is 7.12. The maximum atomic E-state index is 12.0. The minimum Gasteiger partial charge on any atom is -0.338 e. The molecule has 1 aromatic heterocycles. The molecular formula is C14H24N4O2. The first kappa shape index (κ1) is 15.0. The van der Waals surface area contributed by atoms with Crippen LogP contribution in [0, 0.1) is 0 Å². The van der Waals surface area contributed by atoms with Gasteiger partial charge < -0.3 is 9.84 Å². The highest BCUT2D eigenvalue weighted by atomic mass is 16.5. The number of hydrogen-bond acceptors (Lipinski definition) is 5. The molecule has 0 aromatic carbocycles. The van der Waals surface area contributed by atoms with Crippen LogP contribution in [0.1, 0.15) is 33.4 Å². The summed E-state index contributed by atoms with van der Waals surface area (Å²) in [6, 6.07) is 2.25. The minimum atomic E-state index is -0.0838. The van der Waals surface area contributed by atoms with Crippen LogP contribution in [0.2, 0.25) is 0 Å². The van der Waals surface area contributed by atoms with Crippen LogP contribution in [0.5, 0.6) is 0 Å². The number of amides is 1. The van der Waals surface area contributed by atoms with Crippen LogP contribution in [-0.2, 0) is 10.2 Å². The van der Waals surface area contributed by atoms with Crippen LogP contribution in [0.15, 0.2) is 10.6 Å². The Balaban J connectivity index is 1.89. The Kier molecular flexibility index (Phi) is 4.45. The molecule has 0 atom stereocenters. The normalized spacial score (nSPS) is 16.2. The monoisotopic (exact) mass is 280 g/mol. The van der Waals surface area contributed by atoms with Gasteiger partial charge in [0.15, 0.2) is 0 Å². The van der Waals surface area contributed by atoms with Crippen molar-refractivity contribution in [3.05, 3.63) is 11.8 Å². The quantitative estimate of drug-likeness (QED) is 0.848. The van der Waals surface area contributed by atoms with Gasteiger partial charge in [-0.15, -0.1) is 0 Å². The van der Waals surface area contributed by atoms with Crippen molar-refractivity contribution in [3.63, 3.8) is 0 Å². The minimum absolute atomic E-state index is 0.0599. The predicted octanol–water partition coefficient (Wildman–Crippen LogP) is 1.20. The lowest BCUT2D eigenvalue weighted by atomic mass is 9.92. The molecule has 0 bridgehead atoms. The van der Waals surface area contributed by atoms with Gasteiger partial charge in [-0.2, -0.15) is 0 Å². The molecule has 2 N–H and O–H groups in total. The Hall–Kier alpha value is -1.40. The number of rotatable bonds is 5. The smallest absolute Gasteiger partial charge is 0.240 e. The Morgan fingerprint density at radius 1 is 1.55 bits per heavy atom. The van der Waals surface area contributed by atoms with Crippen LogP contribution in [0.25, 0.3) is 0 Å². The van der Waals surface area contributed by atoms with E-state index in [1.807, 2.05) is 0 Å². The van der Waals surface area contributed by atoms with E-state index in [9.17, 15) is 4.79 Å². The van der Waals surface area contributed by atoms with Crippen molar-refractivity contribution in [2.24, 2.45) is 0 Å². The number of nitrogens with one attached hydrogen (secondary N) is 2. The Morgan fingerprint density at radius 3 is 2.70 bits per heavy atom. The van der Waals surface area contributed by atoms with Gasteiger partial charge >= 0.3 is 0 Å². The molecule has 20 heavy (non-hydrogen) atoms. The number of likely N-dealkylation sites (N-methyl/N-ethyl adjacent to an activating group) is 1. The van der Waals surface area contributed by atoms with Crippen molar-refractivity contribution in [1.82, 2.24) is 15.4 Å². The molecule has 112 valence electrons. The van der Waals surface area contributed by atoms with Crippen molar-refractivity contribution in [1.29, 1.82) is 0 Å². The van der Waals surface area contributed by atoms with Gasteiger partial charge in [0.25, 0.3) is 0 Å². The lowest BCUT2D eigenvalue weighted by Gasteiger charge is -2.37. The molecule has 0 radical (unpaired) electrons. The second-order valence-corrected chi connectivity index (χ2v) is 6.25. The number of aromatic nitrogens is 1. The van der Waals surface area contributed by atoms with Crippen LogP contribution in [0.4, 0.5) is 5.88 Å². The molecule has 0 saturated carbocycles. The second kappa shape index (κ2) is 5.93. The Labute approximate surface area is 119 Å². The molecule has 1 aliphatic heterocycles. The van der Waals surface area contributed by atoms with Gasteiger partial charge in [0, 0.05) is 30.6 Å². The Morgan fingerprint density at radius 2 is 2.25 bits per heavy atom. The molecule has 1 amide bonds. The summed E-state index contributed by atoms with van der Waals surface area (Å²) in [6.45, 7) is 11.4. The fourth-order valence-corrected chi connectivity index (χ4v) is 2.08. The zero-order valence-electron chi connectivity index (χ0n) is 12.7. The van der Waals surface area contributed by atoms with Gasteiger partial charge in [-0.1, -0.05) is 32.9 Å². The molecule has 1 aromatic rings. The van der Waals surface area contributed by atoms with Crippen LogP contribution < -0.4 is 10.6 Å². The lowest BCUT2D eigenvalue weighted by molar-refractivity contribution is -0.118. The lowest BCUT2D eigenvalue weighted by Crippen LogP contribution is -2.58. The van der Waals surface area contributed by atoms with Gasteiger partial charge in [0.1, 0.15) is 0 Å². The number of carbonyl (C=O) groups is 1. The van der Waals surface area contributed by atoms with Crippen molar-refractivity contribution >= 4 is 11.8 Å². The highest BCUT2D eigenvalue weighted by Crippen LogP contribution is 2.23. The average Bonchev–Trinajstić information content (AvgIpc) is 2.73. The van der Waals surface area contributed by atoms with E-state index in [-0.39, 0.29) is 11.3 Å². The van der Waals surface area contributed by atoms with Crippen molar-refractivity contribution in [2.75, 3.05) is 31.5 Å². The molecule has 2 heterocycles. The fourth-order valence-electron chi connectivity index (χ4n) is 2.08. The fraction of sp³-hybridized carbons (Fsp3) is 0.714. The van der Waals surface area contributed by atoms with Gasteiger partial charge in [-0.25, -0.2) is 0 Å². The Bertz CT molecular complexity index is 460.